The summed E-state index contributed by atoms with van der Waals surface area (Å²) in [6, 6.07) is 2.14. The molecule has 13 heavy (non-hydrogen) atoms. The maximum absolute atomic E-state index is 10.2. The van der Waals surface area contributed by atoms with Crippen LogP contribution in [0.3, 0.4) is 0 Å². The molecular weight excluding hydrogens is 168 g/mol. The number of hydrogen-bond acceptors (Lipinski definition) is 3. The molecule has 0 rings (SSSR count). The number of rotatable bonds is 6. The lowest BCUT2D eigenvalue weighted by atomic mass is 10.2. The summed E-state index contributed by atoms with van der Waals surface area (Å²) in [5.74, 6) is -0.753. The SMILES string of the molecule is CC(C#N)CN(C)CCCC(=O)O. The molecule has 1 unspecified atom stereocenters. The van der Waals surface area contributed by atoms with Gasteiger partial charge in [0.2, 0.25) is 0 Å². The van der Waals surface area contributed by atoms with Crippen LogP contribution in [-0.2, 0) is 4.79 Å². The van der Waals surface area contributed by atoms with Crippen molar-refractivity contribution in [1.29, 1.82) is 5.26 Å². The lowest BCUT2D eigenvalue weighted by molar-refractivity contribution is -0.137. The van der Waals surface area contributed by atoms with Crippen LogP contribution in [0.15, 0.2) is 0 Å². The van der Waals surface area contributed by atoms with Crippen LogP contribution < -0.4 is 0 Å². The Morgan fingerprint density at radius 3 is 2.77 bits per heavy atom. The van der Waals surface area contributed by atoms with Gasteiger partial charge in [-0.1, -0.05) is 0 Å². The predicted molar refractivity (Wildman–Crippen MR) is 49.1 cm³/mol. The number of carbonyl (C=O) groups is 1. The van der Waals surface area contributed by atoms with Crippen molar-refractivity contribution >= 4 is 5.97 Å². The molecule has 1 N–H and O–H groups in total. The highest BCUT2D eigenvalue weighted by Crippen LogP contribution is 1.98. The van der Waals surface area contributed by atoms with Gasteiger partial charge in [-0.25, -0.2) is 0 Å². The summed E-state index contributed by atoms with van der Waals surface area (Å²) < 4.78 is 0. The van der Waals surface area contributed by atoms with Crippen molar-refractivity contribution in [1.82, 2.24) is 4.90 Å². The summed E-state index contributed by atoms with van der Waals surface area (Å²) in [6.45, 7) is 3.29. The van der Waals surface area contributed by atoms with Gasteiger partial charge in [0.1, 0.15) is 0 Å². The van der Waals surface area contributed by atoms with E-state index in [2.05, 4.69) is 6.07 Å². The van der Waals surface area contributed by atoms with Gasteiger partial charge in [-0.2, -0.15) is 5.26 Å². The largest absolute Gasteiger partial charge is 0.481 e. The summed E-state index contributed by atoms with van der Waals surface area (Å²) in [7, 11) is 1.90. The number of carboxylic acids is 1. The van der Waals surface area contributed by atoms with E-state index < -0.39 is 5.97 Å². The van der Waals surface area contributed by atoms with Crippen LogP contribution in [0, 0.1) is 17.2 Å². The molecule has 0 heterocycles. The third-order valence-corrected chi connectivity index (χ3v) is 1.74. The highest BCUT2D eigenvalue weighted by Gasteiger charge is 2.05. The number of nitrogens with zero attached hydrogens (tertiary/aromatic N) is 2. The molecule has 0 saturated heterocycles. The van der Waals surface area contributed by atoms with Gasteiger partial charge in [0.15, 0.2) is 0 Å². The molecule has 0 aliphatic carbocycles. The van der Waals surface area contributed by atoms with Crippen molar-refractivity contribution < 1.29 is 9.90 Å². The van der Waals surface area contributed by atoms with Crippen molar-refractivity contribution in [3.63, 3.8) is 0 Å². The van der Waals surface area contributed by atoms with Crippen LogP contribution in [0.4, 0.5) is 0 Å². The average molecular weight is 184 g/mol. The van der Waals surface area contributed by atoms with Crippen LogP contribution in [0.2, 0.25) is 0 Å². The smallest absolute Gasteiger partial charge is 0.303 e. The molecule has 0 amide bonds. The topological polar surface area (TPSA) is 64.3 Å². The monoisotopic (exact) mass is 184 g/mol. The highest BCUT2D eigenvalue weighted by atomic mass is 16.4. The van der Waals surface area contributed by atoms with E-state index in [-0.39, 0.29) is 12.3 Å². The number of carboxylic acid groups (broad SMARTS) is 1. The van der Waals surface area contributed by atoms with Gasteiger partial charge < -0.3 is 10.0 Å². The summed E-state index contributed by atoms with van der Waals surface area (Å²) >= 11 is 0. The van der Waals surface area contributed by atoms with E-state index in [4.69, 9.17) is 10.4 Å². The first-order chi connectivity index (χ1) is 6.06. The fourth-order valence-electron chi connectivity index (χ4n) is 1.10. The maximum Gasteiger partial charge on any atom is 0.303 e. The molecule has 1 atom stereocenters. The van der Waals surface area contributed by atoms with Crippen molar-refractivity contribution in [2.24, 2.45) is 5.92 Å². The minimum atomic E-state index is -0.762. The minimum absolute atomic E-state index is 0.00910. The Bertz CT molecular complexity index is 198. The van der Waals surface area contributed by atoms with Gasteiger partial charge in [0.25, 0.3) is 0 Å². The normalized spacial score (nSPS) is 12.5. The van der Waals surface area contributed by atoms with Crippen molar-refractivity contribution in [3.05, 3.63) is 0 Å². The van der Waals surface area contributed by atoms with Gasteiger partial charge in [-0.3, -0.25) is 4.79 Å². The third-order valence-electron chi connectivity index (χ3n) is 1.74. The average Bonchev–Trinajstić information content (AvgIpc) is 2.03. The Balaban J connectivity index is 3.47. The molecule has 0 aromatic carbocycles. The van der Waals surface area contributed by atoms with Crippen LogP contribution in [-0.4, -0.2) is 36.1 Å². The second-order valence-electron chi connectivity index (χ2n) is 3.29. The molecule has 74 valence electrons. The standard InChI is InChI=1S/C9H16N2O2/c1-8(6-10)7-11(2)5-3-4-9(12)13/h8H,3-5,7H2,1-2H3,(H,12,13). The first-order valence-corrected chi connectivity index (χ1v) is 4.36. The molecule has 0 bridgehead atoms. The Hall–Kier alpha value is -1.08. The number of nitriles is 1. The van der Waals surface area contributed by atoms with Gasteiger partial charge in [0.05, 0.1) is 12.0 Å². The van der Waals surface area contributed by atoms with Gasteiger partial charge in [0, 0.05) is 13.0 Å². The van der Waals surface area contributed by atoms with Crippen molar-refractivity contribution in [2.45, 2.75) is 19.8 Å². The van der Waals surface area contributed by atoms with E-state index in [1.54, 1.807) is 0 Å². The maximum atomic E-state index is 10.2. The van der Waals surface area contributed by atoms with E-state index >= 15 is 0 Å². The minimum Gasteiger partial charge on any atom is -0.481 e. The molecule has 0 radical (unpaired) electrons. The van der Waals surface area contributed by atoms with Gasteiger partial charge in [-0.15, -0.1) is 0 Å². The molecule has 0 spiro atoms. The first kappa shape index (κ1) is 11.9. The molecule has 0 aromatic heterocycles. The molecular formula is C9H16N2O2. The fourth-order valence-corrected chi connectivity index (χ4v) is 1.10. The van der Waals surface area contributed by atoms with E-state index in [0.29, 0.717) is 13.0 Å². The van der Waals surface area contributed by atoms with Crippen LogP contribution >= 0.6 is 0 Å². The second kappa shape index (κ2) is 6.44. The quantitative estimate of drug-likeness (QED) is 0.667. The predicted octanol–water partition coefficient (Wildman–Crippen LogP) is 0.943. The molecule has 4 heteroatoms. The molecule has 4 nitrogen and oxygen atoms in total. The van der Waals surface area contributed by atoms with E-state index in [9.17, 15) is 4.79 Å². The number of aliphatic carboxylic acids is 1. The lowest BCUT2D eigenvalue weighted by Gasteiger charge is -2.16. The molecule has 0 aliphatic rings. The number of hydrogen-bond donors (Lipinski definition) is 1. The lowest BCUT2D eigenvalue weighted by Crippen LogP contribution is -2.25. The van der Waals surface area contributed by atoms with E-state index in [1.165, 1.54) is 0 Å². The zero-order chi connectivity index (χ0) is 10.3. The molecule has 0 aliphatic heterocycles. The zero-order valence-corrected chi connectivity index (χ0v) is 8.16. The van der Waals surface area contributed by atoms with Gasteiger partial charge in [-0.05, 0) is 26.9 Å². The highest BCUT2D eigenvalue weighted by molar-refractivity contribution is 5.66. The Morgan fingerprint density at radius 1 is 1.69 bits per heavy atom. The Labute approximate surface area is 78.8 Å². The Kier molecular flexibility index (Phi) is 5.90. The van der Waals surface area contributed by atoms with Crippen LogP contribution in [0.1, 0.15) is 19.8 Å². The van der Waals surface area contributed by atoms with Crippen LogP contribution in [0.25, 0.3) is 0 Å². The molecule has 0 fully saturated rings. The zero-order valence-electron chi connectivity index (χ0n) is 8.16. The third kappa shape index (κ3) is 7.29. The second-order valence-corrected chi connectivity index (χ2v) is 3.29. The summed E-state index contributed by atoms with van der Waals surface area (Å²) in [5, 5.41) is 16.9. The fraction of sp³-hybridized carbons (Fsp3) is 0.778. The van der Waals surface area contributed by atoms with E-state index in [1.807, 2.05) is 18.9 Å². The van der Waals surface area contributed by atoms with Crippen molar-refractivity contribution in [3.8, 4) is 6.07 Å². The summed E-state index contributed by atoms with van der Waals surface area (Å²) in [5.41, 5.74) is 0. The van der Waals surface area contributed by atoms with Gasteiger partial charge >= 0.3 is 5.97 Å². The first-order valence-electron chi connectivity index (χ1n) is 4.36. The summed E-state index contributed by atoms with van der Waals surface area (Å²) in [6.07, 6.45) is 0.843. The summed E-state index contributed by atoms with van der Waals surface area (Å²) in [4.78, 5) is 12.2. The van der Waals surface area contributed by atoms with Crippen molar-refractivity contribution in [2.75, 3.05) is 20.1 Å². The molecule has 0 aromatic rings. The molecule has 0 saturated carbocycles. The van der Waals surface area contributed by atoms with E-state index in [0.717, 1.165) is 6.54 Å². The Morgan fingerprint density at radius 2 is 2.31 bits per heavy atom. The van der Waals surface area contributed by atoms with Crippen LogP contribution in [0.5, 0.6) is 0 Å².